The van der Waals surface area contributed by atoms with Crippen molar-refractivity contribution in [2.75, 3.05) is 13.1 Å². The van der Waals surface area contributed by atoms with Gasteiger partial charge >= 0.3 is 0 Å². The van der Waals surface area contributed by atoms with E-state index in [0.717, 1.165) is 12.1 Å². The Balaban J connectivity index is 2.00. The topological polar surface area (TPSA) is 98.5 Å². The Morgan fingerprint density at radius 3 is 2.43 bits per heavy atom. The van der Waals surface area contributed by atoms with Crippen LogP contribution < -0.4 is 0 Å². The predicted molar refractivity (Wildman–Crippen MR) is 107 cm³/mol. The van der Waals surface area contributed by atoms with Gasteiger partial charge in [0.2, 0.25) is 0 Å². The second kappa shape index (κ2) is 7.97. The van der Waals surface area contributed by atoms with Crippen LogP contribution in [0.2, 0.25) is 0 Å². The fraction of sp³-hybridized carbons (Fsp3) is 0.478. The summed E-state index contributed by atoms with van der Waals surface area (Å²) in [5.41, 5.74) is 0.586. The van der Waals surface area contributed by atoms with E-state index >= 15 is 0 Å². The van der Waals surface area contributed by atoms with Gasteiger partial charge in [0.25, 0.3) is 0 Å². The highest BCUT2D eigenvalue weighted by atomic mass is 15.1. The van der Waals surface area contributed by atoms with E-state index in [-0.39, 0.29) is 17.5 Å². The average molecular weight is 371 g/mol. The summed E-state index contributed by atoms with van der Waals surface area (Å²) in [7, 11) is 0. The Bertz CT molecular complexity index is 880. The van der Waals surface area contributed by atoms with E-state index in [1.54, 1.807) is 0 Å². The van der Waals surface area contributed by atoms with Gasteiger partial charge in [0.05, 0.1) is 23.9 Å². The first-order valence-corrected chi connectivity index (χ1v) is 9.74. The van der Waals surface area contributed by atoms with Crippen molar-refractivity contribution in [1.29, 1.82) is 21.2 Å². The van der Waals surface area contributed by atoms with Crippen molar-refractivity contribution in [2.24, 2.45) is 29.1 Å². The SMILES string of the molecule is CC(C)C[C@@H]1[C@H]2CN(Cc3ccccc3)CC=C2[C@H](C#N)C(=N)C1(C#N)C#N. The van der Waals surface area contributed by atoms with Crippen molar-refractivity contribution < 1.29 is 0 Å². The van der Waals surface area contributed by atoms with Gasteiger partial charge in [0, 0.05) is 31.5 Å². The molecule has 1 fully saturated rings. The van der Waals surface area contributed by atoms with Crippen LogP contribution in [0.15, 0.2) is 42.0 Å². The number of rotatable bonds is 4. The van der Waals surface area contributed by atoms with E-state index in [4.69, 9.17) is 5.41 Å². The van der Waals surface area contributed by atoms with Gasteiger partial charge < -0.3 is 5.41 Å². The lowest BCUT2D eigenvalue weighted by atomic mass is 9.54. The van der Waals surface area contributed by atoms with Gasteiger partial charge in [-0.1, -0.05) is 50.3 Å². The largest absolute Gasteiger partial charge is 0.305 e. The molecule has 0 saturated heterocycles. The minimum absolute atomic E-state index is 0.0374. The van der Waals surface area contributed by atoms with Crippen LogP contribution >= 0.6 is 0 Å². The molecule has 0 radical (unpaired) electrons. The summed E-state index contributed by atoms with van der Waals surface area (Å²) < 4.78 is 0. The fourth-order valence-corrected chi connectivity index (χ4v) is 4.70. The van der Waals surface area contributed by atoms with Gasteiger partial charge in [0.1, 0.15) is 5.92 Å². The van der Waals surface area contributed by atoms with Gasteiger partial charge in [-0.15, -0.1) is 0 Å². The smallest absolute Gasteiger partial charge is 0.185 e. The van der Waals surface area contributed by atoms with Crippen LogP contribution in [0.25, 0.3) is 0 Å². The van der Waals surface area contributed by atoms with Crippen LogP contribution in [0.1, 0.15) is 25.8 Å². The molecule has 5 heteroatoms. The second-order valence-electron chi connectivity index (χ2n) is 8.23. The molecule has 3 rings (SSSR count). The third-order valence-corrected chi connectivity index (χ3v) is 6.01. The summed E-state index contributed by atoms with van der Waals surface area (Å²) in [6.45, 7) is 6.36. The monoisotopic (exact) mass is 371 g/mol. The lowest BCUT2D eigenvalue weighted by Gasteiger charge is -2.48. The molecule has 1 aliphatic heterocycles. The average Bonchev–Trinajstić information content (AvgIpc) is 2.70. The van der Waals surface area contributed by atoms with Gasteiger partial charge in [0.15, 0.2) is 5.41 Å². The molecule has 0 bridgehead atoms. The van der Waals surface area contributed by atoms with Crippen LogP contribution in [-0.2, 0) is 6.54 Å². The quantitative estimate of drug-likeness (QED) is 0.811. The Hall–Kier alpha value is -2.94. The molecular formula is C23H25N5. The van der Waals surface area contributed by atoms with E-state index in [0.29, 0.717) is 25.4 Å². The van der Waals surface area contributed by atoms with Crippen molar-refractivity contribution in [2.45, 2.75) is 26.8 Å². The number of benzene rings is 1. The van der Waals surface area contributed by atoms with E-state index in [2.05, 4.69) is 55.2 Å². The lowest BCUT2D eigenvalue weighted by Crippen LogP contribution is -2.54. The Morgan fingerprint density at radius 2 is 1.86 bits per heavy atom. The first kappa shape index (κ1) is 19.8. The summed E-state index contributed by atoms with van der Waals surface area (Å²) >= 11 is 0. The molecular weight excluding hydrogens is 346 g/mol. The van der Waals surface area contributed by atoms with Gasteiger partial charge in [-0.05, 0) is 23.5 Å². The second-order valence-corrected chi connectivity index (χ2v) is 8.23. The van der Waals surface area contributed by atoms with Crippen LogP contribution in [0.5, 0.6) is 0 Å². The van der Waals surface area contributed by atoms with Crippen LogP contribution in [0.3, 0.4) is 0 Å². The maximum atomic E-state index is 9.94. The van der Waals surface area contributed by atoms with Crippen molar-refractivity contribution in [3.8, 4) is 18.2 Å². The molecule has 1 N–H and O–H groups in total. The zero-order valence-electron chi connectivity index (χ0n) is 16.4. The van der Waals surface area contributed by atoms with E-state index in [1.807, 2.05) is 18.2 Å². The minimum Gasteiger partial charge on any atom is -0.305 e. The number of hydrogen-bond donors (Lipinski definition) is 1. The summed E-state index contributed by atoms with van der Waals surface area (Å²) in [6, 6.07) is 16.7. The minimum atomic E-state index is -1.53. The van der Waals surface area contributed by atoms with Crippen molar-refractivity contribution in [3.05, 3.63) is 47.5 Å². The van der Waals surface area contributed by atoms with Crippen LogP contribution in [-0.4, -0.2) is 23.7 Å². The number of hydrogen-bond acceptors (Lipinski definition) is 5. The van der Waals surface area contributed by atoms with Gasteiger partial charge in [-0.2, -0.15) is 15.8 Å². The van der Waals surface area contributed by atoms with E-state index in [1.165, 1.54) is 5.56 Å². The van der Waals surface area contributed by atoms with Gasteiger partial charge in [-0.3, -0.25) is 4.90 Å². The molecule has 1 heterocycles. The molecule has 0 aromatic heterocycles. The van der Waals surface area contributed by atoms with E-state index in [9.17, 15) is 15.8 Å². The predicted octanol–water partition coefficient (Wildman–Crippen LogP) is 3.91. The maximum Gasteiger partial charge on any atom is 0.185 e. The zero-order chi connectivity index (χ0) is 20.3. The highest BCUT2D eigenvalue weighted by Crippen LogP contribution is 2.50. The highest BCUT2D eigenvalue weighted by molar-refractivity contribution is 6.00. The summed E-state index contributed by atoms with van der Waals surface area (Å²) in [6.07, 6.45) is 2.74. The van der Waals surface area contributed by atoms with Crippen molar-refractivity contribution in [3.63, 3.8) is 0 Å². The molecule has 0 spiro atoms. The number of nitrogens with zero attached hydrogens (tertiary/aromatic N) is 4. The summed E-state index contributed by atoms with van der Waals surface area (Å²) in [5.74, 6) is -0.808. The maximum absolute atomic E-state index is 9.94. The Labute approximate surface area is 167 Å². The third kappa shape index (κ3) is 3.33. The third-order valence-electron chi connectivity index (χ3n) is 6.01. The molecule has 142 valence electrons. The normalized spacial score (nSPS) is 26.5. The molecule has 5 nitrogen and oxygen atoms in total. The highest BCUT2D eigenvalue weighted by Gasteiger charge is 2.56. The Kier molecular flexibility index (Phi) is 5.64. The molecule has 28 heavy (non-hydrogen) atoms. The number of nitrogens with one attached hydrogen (secondary N) is 1. The molecule has 0 unspecified atom stereocenters. The first-order valence-electron chi connectivity index (χ1n) is 9.74. The number of nitriles is 3. The molecule has 1 saturated carbocycles. The van der Waals surface area contributed by atoms with Gasteiger partial charge in [-0.25, -0.2) is 0 Å². The van der Waals surface area contributed by atoms with E-state index < -0.39 is 11.3 Å². The zero-order valence-corrected chi connectivity index (χ0v) is 16.4. The molecule has 1 aliphatic carbocycles. The lowest BCUT2D eigenvalue weighted by molar-refractivity contribution is 0.145. The van der Waals surface area contributed by atoms with Crippen molar-refractivity contribution >= 4 is 5.71 Å². The van der Waals surface area contributed by atoms with Crippen LogP contribution in [0.4, 0.5) is 0 Å². The Morgan fingerprint density at radius 1 is 1.18 bits per heavy atom. The molecule has 3 atom stereocenters. The molecule has 2 aliphatic rings. The summed E-state index contributed by atoms with van der Waals surface area (Å²) in [5, 5.41) is 38.2. The first-order chi connectivity index (χ1) is 13.5. The standard InChI is InChI=1S/C23H25N5/c1-16(2)10-21-20-13-28(12-17-6-4-3-5-7-17)9-8-18(20)19(11-24)22(27)23(21,14-25)15-26/h3-8,16,19-21,27H,9-10,12-13H2,1-2H3/t19-,20-,21+/m0/s1. The van der Waals surface area contributed by atoms with Crippen LogP contribution in [0, 0.1) is 68.5 Å². The molecule has 1 aromatic carbocycles. The number of fused-ring (bicyclic) bond motifs is 1. The molecule has 0 amide bonds. The summed E-state index contributed by atoms with van der Waals surface area (Å²) in [4.78, 5) is 2.31. The van der Waals surface area contributed by atoms with Crippen molar-refractivity contribution in [1.82, 2.24) is 4.90 Å². The fourth-order valence-electron chi connectivity index (χ4n) is 4.70. The molecule has 1 aromatic rings.